The molecule has 2 aromatic rings. The highest BCUT2D eigenvalue weighted by atomic mass is 32.1. The van der Waals surface area contributed by atoms with Crippen LogP contribution < -0.4 is 5.56 Å². The Morgan fingerprint density at radius 2 is 2.00 bits per heavy atom. The van der Waals surface area contributed by atoms with Crippen molar-refractivity contribution >= 4 is 21.6 Å². The fourth-order valence-corrected chi connectivity index (χ4v) is 2.64. The van der Waals surface area contributed by atoms with E-state index in [0.29, 0.717) is 33.0 Å². The zero-order valence-electron chi connectivity index (χ0n) is 10.5. The summed E-state index contributed by atoms with van der Waals surface area (Å²) in [5.41, 5.74) is 0.0489. The molecule has 1 aromatic heterocycles. The predicted molar refractivity (Wildman–Crippen MR) is 76.6 cm³/mol. The molecule has 0 radical (unpaired) electrons. The lowest BCUT2D eigenvalue weighted by molar-refractivity contribution is 0.0572. The van der Waals surface area contributed by atoms with Gasteiger partial charge in [0.1, 0.15) is 6.61 Å². The third-order valence-corrected chi connectivity index (χ3v) is 3.67. The van der Waals surface area contributed by atoms with Gasteiger partial charge in [-0.15, -0.1) is 6.42 Å². The summed E-state index contributed by atoms with van der Waals surface area (Å²) >= 11 is 1.46. The van der Waals surface area contributed by atoms with E-state index in [1.165, 1.54) is 11.5 Å². The van der Waals surface area contributed by atoms with Gasteiger partial charge in [-0.2, -0.15) is 0 Å². The van der Waals surface area contributed by atoms with Crippen LogP contribution in [-0.2, 0) is 16.0 Å². The highest BCUT2D eigenvalue weighted by molar-refractivity contribution is 7.13. The van der Waals surface area contributed by atoms with Gasteiger partial charge >= 0.3 is 0 Å². The van der Waals surface area contributed by atoms with Crippen molar-refractivity contribution in [3.8, 4) is 12.3 Å². The Hall–Kier alpha value is -1.61. The van der Waals surface area contributed by atoms with Crippen LogP contribution in [0, 0.1) is 12.3 Å². The van der Waals surface area contributed by atoms with Gasteiger partial charge in [0.15, 0.2) is 0 Å². The number of rotatable bonds is 7. The number of ether oxygens (including phenoxy) is 2. The molecule has 0 atom stereocenters. The van der Waals surface area contributed by atoms with Crippen LogP contribution in [0.15, 0.2) is 29.1 Å². The van der Waals surface area contributed by atoms with Gasteiger partial charge in [-0.1, -0.05) is 29.6 Å². The zero-order chi connectivity index (χ0) is 13.5. The number of hydrogen-bond acceptors (Lipinski definition) is 4. The maximum absolute atomic E-state index is 12.0. The fraction of sp³-hybridized carbons (Fsp3) is 0.357. The Morgan fingerprint density at radius 1 is 1.21 bits per heavy atom. The SMILES string of the molecule is C#CCOCCOCCn1sc2ccccc2c1=O. The van der Waals surface area contributed by atoms with E-state index in [4.69, 9.17) is 15.9 Å². The second-order valence-corrected chi connectivity index (χ2v) is 4.93. The molecule has 2 rings (SSSR count). The first kappa shape index (κ1) is 13.8. The van der Waals surface area contributed by atoms with Crippen LogP contribution >= 0.6 is 11.5 Å². The Bertz CT molecular complexity index is 623. The fourth-order valence-electron chi connectivity index (χ4n) is 1.66. The normalized spacial score (nSPS) is 10.7. The Balaban J connectivity index is 1.81. The van der Waals surface area contributed by atoms with Gasteiger partial charge in [0.05, 0.1) is 36.5 Å². The van der Waals surface area contributed by atoms with Crippen LogP contribution in [0.4, 0.5) is 0 Å². The van der Waals surface area contributed by atoms with Crippen LogP contribution in [0.1, 0.15) is 0 Å². The van der Waals surface area contributed by atoms with Crippen molar-refractivity contribution in [2.45, 2.75) is 6.54 Å². The summed E-state index contributed by atoms with van der Waals surface area (Å²) in [6.07, 6.45) is 5.05. The number of hydrogen-bond donors (Lipinski definition) is 0. The Labute approximate surface area is 115 Å². The Morgan fingerprint density at radius 3 is 2.79 bits per heavy atom. The molecule has 0 bridgehead atoms. The molecule has 100 valence electrons. The molecule has 5 heteroatoms. The van der Waals surface area contributed by atoms with Gasteiger partial charge < -0.3 is 9.47 Å². The quantitative estimate of drug-likeness (QED) is 0.571. The molecule has 0 N–H and O–H groups in total. The van der Waals surface area contributed by atoms with Crippen LogP contribution in [0.25, 0.3) is 10.1 Å². The summed E-state index contributed by atoms with van der Waals surface area (Å²) in [5.74, 6) is 2.39. The lowest BCUT2D eigenvalue weighted by Gasteiger charge is -2.03. The summed E-state index contributed by atoms with van der Waals surface area (Å²) in [6.45, 7) is 2.32. The first-order chi connectivity index (χ1) is 9.33. The van der Waals surface area contributed by atoms with Crippen molar-refractivity contribution in [1.29, 1.82) is 0 Å². The smallest absolute Gasteiger partial charge is 0.268 e. The monoisotopic (exact) mass is 277 g/mol. The van der Waals surface area contributed by atoms with Crippen molar-refractivity contribution in [2.75, 3.05) is 26.4 Å². The van der Waals surface area contributed by atoms with Crippen LogP contribution in [0.5, 0.6) is 0 Å². The van der Waals surface area contributed by atoms with Crippen LogP contribution in [0.2, 0.25) is 0 Å². The summed E-state index contributed by atoms with van der Waals surface area (Å²) in [6, 6.07) is 7.60. The second-order valence-electron chi connectivity index (χ2n) is 3.86. The molecule has 0 aliphatic rings. The molecule has 0 aliphatic carbocycles. The molecule has 0 saturated heterocycles. The number of aromatic nitrogens is 1. The van der Waals surface area contributed by atoms with E-state index in [0.717, 1.165) is 10.1 Å². The second kappa shape index (κ2) is 7.10. The first-order valence-corrected chi connectivity index (χ1v) is 6.78. The van der Waals surface area contributed by atoms with E-state index < -0.39 is 0 Å². The Kier molecular flexibility index (Phi) is 5.16. The molecule has 1 heterocycles. The molecule has 0 saturated carbocycles. The van der Waals surface area contributed by atoms with E-state index in [1.54, 1.807) is 3.96 Å². The summed E-state index contributed by atoms with van der Waals surface area (Å²) < 4.78 is 13.2. The minimum Gasteiger partial charge on any atom is -0.377 e. The van der Waals surface area contributed by atoms with Crippen LogP contribution in [0.3, 0.4) is 0 Å². The molecule has 0 aliphatic heterocycles. The molecule has 0 fully saturated rings. The van der Waals surface area contributed by atoms with Gasteiger partial charge in [-0.25, -0.2) is 0 Å². The minimum atomic E-state index is 0.0489. The van der Waals surface area contributed by atoms with E-state index in [1.807, 2.05) is 24.3 Å². The number of benzene rings is 1. The van der Waals surface area contributed by atoms with Crippen molar-refractivity contribution in [1.82, 2.24) is 3.96 Å². The highest BCUT2D eigenvalue weighted by Gasteiger charge is 2.05. The van der Waals surface area contributed by atoms with Gasteiger partial charge in [-0.3, -0.25) is 8.75 Å². The van der Waals surface area contributed by atoms with E-state index >= 15 is 0 Å². The van der Waals surface area contributed by atoms with Crippen molar-refractivity contribution < 1.29 is 9.47 Å². The lowest BCUT2D eigenvalue weighted by atomic mass is 10.3. The molecule has 0 spiro atoms. The number of fused-ring (bicyclic) bond motifs is 1. The maximum Gasteiger partial charge on any atom is 0.268 e. The molecule has 19 heavy (non-hydrogen) atoms. The lowest BCUT2D eigenvalue weighted by Crippen LogP contribution is -2.17. The average molecular weight is 277 g/mol. The third kappa shape index (κ3) is 3.67. The average Bonchev–Trinajstić information content (AvgIpc) is 2.75. The first-order valence-electron chi connectivity index (χ1n) is 6.00. The third-order valence-electron chi connectivity index (χ3n) is 2.55. The minimum absolute atomic E-state index is 0.0489. The van der Waals surface area contributed by atoms with Gasteiger partial charge in [-0.05, 0) is 12.1 Å². The molecular formula is C14H15NO3S. The predicted octanol–water partition coefficient (Wildman–Crippen LogP) is 1.73. The summed E-state index contributed by atoms with van der Waals surface area (Å²) in [5, 5.41) is 0.768. The molecule has 1 aromatic carbocycles. The zero-order valence-corrected chi connectivity index (χ0v) is 11.3. The molecule has 4 nitrogen and oxygen atoms in total. The van der Waals surface area contributed by atoms with Gasteiger partial charge in [0, 0.05) is 0 Å². The van der Waals surface area contributed by atoms with Crippen molar-refractivity contribution in [3.63, 3.8) is 0 Å². The molecule has 0 amide bonds. The number of nitrogens with zero attached hydrogens (tertiary/aromatic N) is 1. The topological polar surface area (TPSA) is 40.5 Å². The van der Waals surface area contributed by atoms with Gasteiger partial charge in [0.25, 0.3) is 5.56 Å². The van der Waals surface area contributed by atoms with E-state index in [2.05, 4.69) is 5.92 Å². The van der Waals surface area contributed by atoms with Crippen molar-refractivity contribution in [2.24, 2.45) is 0 Å². The largest absolute Gasteiger partial charge is 0.377 e. The summed E-state index contributed by atoms with van der Waals surface area (Å²) in [7, 11) is 0. The van der Waals surface area contributed by atoms with Crippen molar-refractivity contribution in [3.05, 3.63) is 34.6 Å². The van der Waals surface area contributed by atoms with Gasteiger partial charge in [0.2, 0.25) is 0 Å². The summed E-state index contributed by atoms with van der Waals surface area (Å²) in [4.78, 5) is 12.0. The standard InChI is InChI=1S/C14H15NO3S/c1-2-8-17-10-11-18-9-7-15-14(16)12-5-3-4-6-13(12)19-15/h1,3-6H,7-11H2. The highest BCUT2D eigenvalue weighted by Crippen LogP contribution is 2.15. The molecule has 0 unspecified atom stereocenters. The van der Waals surface area contributed by atoms with Crippen LogP contribution in [-0.4, -0.2) is 30.4 Å². The van der Waals surface area contributed by atoms with E-state index in [-0.39, 0.29) is 5.56 Å². The number of terminal acetylenes is 1. The van der Waals surface area contributed by atoms with E-state index in [9.17, 15) is 4.79 Å². The maximum atomic E-state index is 12.0. The molecular weight excluding hydrogens is 262 g/mol.